The largest absolute Gasteiger partial charge is 0.490 e. The number of amides is 1. The quantitative estimate of drug-likeness (QED) is 0.295. The average Bonchev–Trinajstić information content (AvgIpc) is 3.38. The Morgan fingerprint density at radius 1 is 0.842 bits per heavy atom. The topological polar surface area (TPSA) is 158 Å². The molecular weight excluding hydrogens is 526 g/mol. The molecule has 0 unspecified atom stereocenters. The van der Waals surface area contributed by atoms with Crippen LogP contribution >= 0.6 is 0 Å². The van der Waals surface area contributed by atoms with E-state index in [1.807, 2.05) is 60.8 Å². The van der Waals surface area contributed by atoms with Gasteiger partial charge in [-0.05, 0) is 23.1 Å². The molecule has 1 atom stereocenters. The lowest BCUT2D eigenvalue weighted by molar-refractivity contribution is -0.193. The van der Waals surface area contributed by atoms with Crippen LogP contribution in [-0.2, 0) is 27.3 Å². The lowest BCUT2D eigenvalue weighted by atomic mass is 10.0. The summed E-state index contributed by atoms with van der Waals surface area (Å²) in [6, 6.07) is 17.2. The van der Waals surface area contributed by atoms with Crippen molar-refractivity contribution >= 4 is 17.8 Å². The van der Waals surface area contributed by atoms with Crippen LogP contribution in [0.15, 0.2) is 67.0 Å². The zero-order valence-electron chi connectivity index (χ0n) is 19.3. The van der Waals surface area contributed by atoms with E-state index in [9.17, 15) is 31.1 Å². The van der Waals surface area contributed by atoms with Crippen molar-refractivity contribution in [1.82, 2.24) is 15.5 Å². The fraction of sp³-hybridized carbons (Fsp3) is 0.217. The molecule has 6 N–H and O–H groups in total. The predicted octanol–water partition coefficient (Wildman–Crippen LogP) is 3.53. The lowest BCUT2D eigenvalue weighted by Gasteiger charge is -2.13. The van der Waals surface area contributed by atoms with Crippen molar-refractivity contribution < 1.29 is 50.9 Å². The van der Waals surface area contributed by atoms with Crippen molar-refractivity contribution in [3.63, 3.8) is 0 Å². The minimum atomic E-state index is -5.08. The molecule has 0 saturated carbocycles. The number of halogens is 6. The van der Waals surface area contributed by atoms with Gasteiger partial charge in [0, 0.05) is 18.3 Å². The predicted molar refractivity (Wildman–Crippen MR) is 121 cm³/mol. The van der Waals surface area contributed by atoms with Gasteiger partial charge in [-0.3, -0.25) is 9.89 Å². The molecule has 0 aliphatic rings. The average molecular weight is 548 g/mol. The van der Waals surface area contributed by atoms with Gasteiger partial charge < -0.3 is 21.3 Å². The molecule has 1 amide bonds. The maximum atomic E-state index is 12.1. The second-order valence-corrected chi connectivity index (χ2v) is 7.30. The van der Waals surface area contributed by atoms with E-state index in [0.29, 0.717) is 13.0 Å². The van der Waals surface area contributed by atoms with E-state index in [4.69, 9.17) is 25.5 Å². The molecule has 206 valence electrons. The Labute approximate surface area is 211 Å². The van der Waals surface area contributed by atoms with E-state index in [1.165, 1.54) is 0 Å². The number of benzene rings is 2. The monoisotopic (exact) mass is 548 g/mol. The first kappa shape index (κ1) is 31.6. The molecule has 0 bridgehead atoms. The molecule has 1 aromatic heterocycles. The Hall–Kier alpha value is -4.40. The summed E-state index contributed by atoms with van der Waals surface area (Å²) in [6.07, 6.45) is -6.04. The summed E-state index contributed by atoms with van der Waals surface area (Å²) in [6.45, 7) is 0.493. The van der Waals surface area contributed by atoms with Crippen molar-refractivity contribution in [2.75, 3.05) is 0 Å². The molecule has 0 radical (unpaired) electrons. The second kappa shape index (κ2) is 14.4. The van der Waals surface area contributed by atoms with Crippen LogP contribution in [0.4, 0.5) is 26.3 Å². The molecule has 0 fully saturated rings. The highest BCUT2D eigenvalue weighted by atomic mass is 19.4. The molecule has 2 aromatic carbocycles. The number of nitrogens with zero attached hydrogens (tertiary/aromatic N) is 1. The summed E-state index contributed by atoms with van der Waals surface area (Å²) >= 11 is 0. The first-order chi connectivity index (χ1) is 17.6. The number of carbonyl (C=O) groups excluding carboxylic acids is 1. The van der Waals surface area contributed by atoms with E-state index in [2.05, 4.69) is 15.5 Å². The van der Waals surface area contributed by atoms with Gasteiger partial charge in [0.15, 0.2) is 0 Å². The fourth-order valence-electron chi connectivity index (χ4n) is 2.50. The zero-order valence-corrected chi connectivity index (χ0v) is 19.3. The normalized spacial score (nSPS) is 11.7. The number of nitrogens with two attached hydrogens (primary N) is 1. The number of H-pyrrole nitrogens is 1. The highest BCUT2D eigenvalue weighted by Crippen LogP contribution is 2.18. The molecular formula is C23H22F6N4O5. The number of nitrogens with one attached hydrogen (secondary N) is 2. The van der Waals surface area contributed by atoms with E-state index < -0.39 is 30.3 Å². The van der Waals surface area contributed by atoms with Gasteiger partial charge in [-0.1, -0.05) is 54.6 Å². The first-order valence-corrected chi connectivity index (χ1v) is 10.4. The van der Waals surface area contributed by atoms with Crippen LogP contribution in [0, 0.1) is 0 Å². The van der Waals surface area contributed by atoms with Gasteiger partial charge >= 0.3 is 24.3 Å². The van der Waals surface area contributed by atoms with Gasteiger partial charge in [0.1, 0.15) is 0 Å². The Morgan fingerprint density at radius 3 is 1.76 bits per heavy atom. The highest BCUT2D eigenvalue weighted by Gasteiger charge is 2.38. The molecule has 3 aromatic rings. The zero-order chi connectivity index (χ0) is 28.9. The summed E-state index contributed by atoms with van der Waals surface area (Å²) < 4.78 is 63.5. The van der Waals surface area contributed by atoms with E-state index >= 15 is 0 Å². The van der Waals surface area contributed by atoms with E-state index in [1.54, 1.807) is 6.20 Å². The number of hydrogen-bond acceptors (Lipinski definition) is 5. The molecule has 0 aliphatic carbocycles. The van der Waals surface area contributed by atoms with Crippen LogP contribution in [0.2, 0.25) is 0 Å². The number of carboxylic acid groups (broad SMARTS) is 2. The smallest absolute Gasteiger partial charge is 0.475 e. The van der Waals surface area contributed by atoms with Crippen molar-refractivity contribution in [2.24, 2.45) is 5.73 Å². The van der Waals surface area contributed by atoms with Gasteiger partial charge in [-0.2, -0.15) is 31.4 Å². The summed E-state index contributed by atoms with van der Waals surface area (Å²) in [5.41, 5.74) is 10.2. The third-order valence-electron chi connectivity index (χ3n) is 4.37. The maximum Gasteiger partial charge on any atom is 0.490 e. The number of hydrogen-bond donors (Lipinski definition) is 5. The van der Waals surface area contributed by atoms with Crippen molar-refractivity contribution in [3.8, 4) is 11.1 Å². The van der Waals surface area contributed by atoms with Gasteiger partial charge in [0.05, 0.1) is 12.2 Å². The molecule has 0 aliphatic heterocycles. The van der Waals surface area contributed by atoms with Crippen LogP contribution in [-0.4, -0.2) is 56.7 Å². The molecule has 0 saturated heterocycles. The number of aromatic nitrogens is 2. The number of carboxylic acids is 2. The number of carbonyl (C=O) groups is 3. The fourth-order valence-corrected chi connectivity index (χ4v) is 2.50. The molecule has 0 spiro atoms. The first-order valence-electron chi connectivity index (χ1n) is 10.4. The highest BCUT2D eigenvalue weighted by molar-refractivity contribution is 5.81. The van der Waals surface area contributed by atoms with Gasteiger partial charge in [-0.15, -0.1) is 0 Å². The van der Waals surface area contributed by atoms with Gasteiger partial charge in [0.25, 0.3) is 0 Å². The van der Waals surface area contributed by atoms with Crippen LogP contribution in [0.3, 0.4) is 0 Å². The summed E-state index contributed by atoms with van der Waals surface area (Å²) in [5, 5.41) is 23.9. The third kappa shape index (κ3) is 12.0. The molecule has 3 rings (SSSR count). The summed E-state index contributed by atoms with van der Waals surface area (Å²) in [7, 11) is 0. The summed E-state index contributed by atoms with van der Waals surface area (Å²) in [5.74, 6) is -5.65. The Balaban J connectivity index is 0.000000426. The van der Waals surface area contributed by atoms with Crippen LogP contribution in [0.25, 0.3) is 11.1 Å². The lowest BCUT2D eigenvalue weighted by Crippen LogP contribution is -2.41. The SMILES string of the molecule is N[C@@H](Cc1ccc(-c2cn[nH]c2)cc1)C(=O)NCc1ccccc1.O=C(O)C(F)(F)F.O=C(O)C(F)(F)F. The molecule has 1 heterocycles. The summed E-state index contributed by atoms with van der Waals surface area (Å²) in [4.78, 5) is 29.9. The van der Waals surface area contributed by atoms with Crippen LogP contribution in [0.5, 0.6) is 0 Å². The number of rotatable bonds is 6. The Bertz CT molecular complexity index is 1130. The standard InChI is InChI=1S/C19H20N4O.2C2HF3O2/c20-18(19(24)21-11-15-4-2-1-3-5-15)10-14-6-8-16(9-7-14)17-12-22-23-13-17;2*3-2(4,5)1(6)7/h1-9,12-13,18H,10-11,20H2,(H,21,24)(H,22,23);2*(H,6,7)/t18-;;/m0../s1. The minimum Gasteiger partial charge on any atom is -0.475 e. The Kier molecular flexibility index (Phi) is 12.0. The van der Waals surface area contributed by atoms with Crippen molar-refractivity contribution in [2.45, 2.75) is 31.4 Å². The Morgan fingerprint density at radius 2 is 1.34 bits per heavy atom. The van der Waals surface area contributed by atoms with Crippen LogP contribution < -0.4 is 11.1 Å². The van der Waals surface area contributed by atoms with Gasteiger partial charge in [0.2, 0.25) is 5.91 Å². The van der Waals surface area contributed by atoms with E-state index in [0.717, 1.165) is 22.3 Å². The maximum absolute atomic E-state index is 12.1. The van der Waals surface area contributed by atoms with Gasteiger partial charge in [-0.25, -0.2) is 9.59 Å². The number of aromatic amines is 1. The van der Waals surface area contributed by atoms with Crippen molar-refractivity contribution in [1.29, 1.82) is 0 Å². The second-order valence-electron chi connectivity index (χ2n) is 7.30. The molecule has 38 heavy (non-hydrogen) atoms. The third-order valence-corrected chi connectivity index (χ3v) is 4.37. The van der Waals surface area contributed by atoms with Crippen molar-refractivity contribution in [3.05, 3.63) is 78.1 Å². The molecule has 15 heteroatoms. The van der Waals surface area contributed by atoms with E-state index in [-0.39, 0.29) is 5.91 Å². The number of alkyl halides is 6. The molecule has 9 nitrogen and oxygen atoms in total. The minimum absolute atomic E-state index is 0.141. The number of aliphatic carboxylic acids is 2. The van der Waals surface area contributed by atoms with Crippen LogP contribution in [0.1, 0.15) is 11.1 Å².